The zero-order valence-electron chi connectivity index (χ0n) is 10.9. The maximum atomic E-state index is 9.59. The van der Waals surface area contributed by atoms with E-state index in [0.29, 0.717) is 0 Å². The number of aromatic hydroxyl groups is 1. The van der Waals surface area contributed by atoms with Crippen molar-refractivity contribution in [3.8, 4) is 17.0 Å². The van der Waals surface area contributed by atoms with Gasteiger partial charge in [-0.2, -0.15) is 0 Å². The summed E-state index contributed by atoms with van der Waals surface area (Å²) in [4.78, 5) is 4.68. The summed E-state index contributed by atoms with van der Waals surface area (Å²) >= 11 is 13.6. The standard InChI is InChI=1S/C15H15Cl2NOS/c16-11-6-10(7-12(17)15(11)19)13-8-20-14(18-13)5-9-3-1-2-4-9/h6-9,19H,1-5H2. The van der Waals surface area contributed by atoms with Gasteiger partial charge in [0.25, 0.3) is 0 Å². The van der Waals surface area contributed by atoms with E-state index in [-0.39, 0.29) is 15.8 Å². The van der Waals surface area contributed by atoms with Crippen LogP contribution in [0.15, 0.2) is 17.5 Å². The highest BCUT2D eigenvalue weighted by molar-refractivity contribution is 7.09. The van der Waals surface area contributed by atoms with Gasteiger partial charge in [-0.3, -0.25) is 0 Å². The predicted molar refractivity (Wildman–Crippen MR) is 84.9 cm³/mol. The molecule has 0 unspecified atom stereocenters. The number of phenolic OH excluding ortho intramolecular Hbond substituents is 1. The van der Waals surface area contributed by atoms with Crippen LogP contribution in [-0.4, -0.2) is 10.1 Å². The number of aromatic nitrogens is 1. The van der Waals surface area contributed by atoms with Gasteiger partial charge in [0.15, 0.2) is 5.75 Å². The van der Waals surface area contributed by atoms with Crippen LogP contribution in [-0.2, 0) is 6.42 Å². The van der Waals surface area contributed by atoms with Crippen LogP contribution in [0.3, 0.4) is 0 Å². The Kier molecular flexibility index (Phi) is 4.20. The van der Waals surface area contributed by atoms with E-state index in [1.54, 1.807) is 23.5 Å². The molecule has 1 aromatic carbocycles. The van der Waals surface area contributed by atoms with Crippen molar-refractivity contribution in [2.24, 2.45) is 5.92 Å². The molecule has 0 saturated heterocycles. The van der Waals surface area contributed by atoms with E-state index in [0.717, 1.165) is 23.6 Å². The Hall–Kier alpha value is -0.770. The fourth-order valence-corrected chi connectivity index (χ4v) is 4.12. The molecular formula is C15H15Cl2NOS. The number of thiazole rings is 1. The third kappa shape index (κ3) is 2.95. The molecule has 0 atom stereocenters. The van der Waals surface area contributed by atoms with E-state index in [1.165, 1.54) is 30.7 Å². The first-order chi connectivity index (χ1) is 9.63. The Morgan fingerprint density at radius 1 is 1.20 bits per heavy atom. The first-order valence-electron chi connectivity index (χ1n) is 6.76. The van der Waals surface area contributed by atoms with Crippen LogP contribution in [0.4, 0.5) is 0 Å². The SMILES string of the molecule is Oc1c(Cl)cc(-c2csc(CC3CCCC3)n2)cc1Cl. The number of hydrogen-bond donors (Lipinski definition) is 1. The van der Waals surface area contributed by atoms with E-state index < -0.39 is 0 Å². The van der Waals surface area contributed by atoms with Crippen LogP contribution in [0.5, 0.6) is 5.75 Å². The number of nitrogens with zero attached hydrogens (tertiary/aromatic N) is 1. The van der Waals surface area contributed by atoms with Crippen LogP contribution in [0.25, 0.3) is 11.3 Å². The third-order valence-electron chi connectivity index (χ3n) is 3.80. The molecule has 2 nitrogen and oxygen atoms in total. The Morgan fingerprint density at radius 3 is 2.50 bits per heavy atom. The lowest BCUT2D eigenvalue weighted by Crippen LogP contribution is -1.97. The summed E-state index contributed by atoms with van der Waals surface area (Å²) in [5, 5.41) is 13.3. The van der Waals surface area contributed by atoms with Crippen LogP contribution in [0.1, 0.15) is 30.7 Å². The molecule has 106 valence electrons. The lowest BCUT2D eigenvalue weighted by atomic mass is 10.1. The summed E-state index contributed by atoms with van der Waals surface area (Å²) < 4.78 is 0. The lowest BCUT2D eigenvalue weighted by Gasteiger charge is -2.05. The number of rotatable bonds is 3. The van der Waals surface area contributed by atoms with Gasteiger partial charge in [0.2, 0.25) is 0 Å². The molecule has 1 N–H and O–H groups in total. The summed E-state index contributed by atoms with van der Waals surface area (Å²) in [6.45, 7) is 0. The molecule has 3 rings (SSSR count). The van der Waals surface area contributed by atoms with Gasteiger partial charge >= 0.3 is 0 Å². The third-order valence-corrected chi connectivity index (χ3v) is 5.25. The van der Waals surface area contributed by atoms with Crippen molar-refractivity contribution in [3.63, 3.8) is 0 Å². The average molecular weight is 328 g/mol. The molecule has 0 spiro atoms. The van der Waals surface area contributed by atoms with Crippen molar-refractivity contribution < 1.29 is 5.11 Å². The van der Waals surface area contributed by atoms with Gasteiger partial charge in [0.05, 0.1) is 20.7 Å². The summed E-state index contributed by atoms with van der Waals surface area (Å²) in [5.41, 5.74) is 1.73. The molecule has 0 bridgehead atoms. The normalized spacial score (nSPS) is 15.9. The summed E-state index contributed by atoms with van der Waals surface area (Å²) in [6, 6.07) is 3.41. The maximum Gasteiger partial charge on any atom is 0.152 e. The Bertz CT molecular complexity index is 597. The Labute approximate surface area is 132 Å². The number of phenols is 1. The fourth-order valence-electron chi connectivity index (χ4n) is 2.71. The highest BCUT2D eigenvalue weighted by Crippen LogP contribution is 2.37. The largest absolute Gasteiger partial charge is 0.505 e. The first-order valence-corrected chi connectivity index (χ1v) is 8.40. The molecular weight excluding hydrogens is 313 g/mol. The number of hydrogen-bond acceptors (Lipinski definition) is 3. The van der Waals surface area contributed by atoms with Crippen molar-refractivity contribution >= 4 is 34.5 Å². The van der Waals surface area contributed by atoms with E-state index in [9.17, 15) is 5.11 Å². The van der Waals surface area contributed by atoms with Gasteiger partial charge in [-0.1, -0.05) is 48.9 Å². The van der Waals surface area contributed by atoms with E-state index in [2.05, 4.69) is 4.98 Å². The smallest absolute Gasteiger partial charge is 0.152 e. The van der Waals surface area contributed by atoms with Crippen LogP contribution in [0.2, 0.25) is 10.0 Å². The zero-order valence-corrected chi connectivity index (χ0v) is 13.2. The molecule has 0 aliphatic heterocycles. The number of halogens is 2. The van der Waals surface area contributed by atoms with Crippen molar-refractivity contribution in [2.75, 3.05) is 0 Å². The minimum absolute atomic E-state index is 0.0708. The van der Waals surface area contributed by atoms with Crippen molar-refractivity contribution in [2.45, 2.75) is 32.1 Å². The molecule has 0 radical (unpaired) electrons. The molecule has 1 aromatic heterocycles. The average Bonchev–Trinajstić information content (AvgIpc) is 3.07. The van der Waals surface area contributed by atoms with E-state index in [1.807, 2.05) is 5.38 Å². The first kappa shape index (κ1) is 14.2. The molecule has 1 fully saturated rings. The molecule has 2 aromatic rings. The van der Waals surface area contributed by atoms with Gasteiger partial charge in [-0.25, -0.2) is 4.98 Å². The van der Waals surface area contributed by atoms with Crippen molar-refractivity contribution in [1.82, 2.24) is 4.98 Å². The lowest BCUT2D eigenvalue weighted by molar-refractivity contribution is 0.476. The maximum absolute atomic E-state index is 9.59. The molecule has 1 saturated carbocycles. The number of benzene rings is 1. The summed E-state index contributed by atoms with van der Waals surface area (Å²) in [7, 11) is 0. The molecule has 20 heavy (non-hydrogen) atoms. The molecule has 0 amide bonds. The van der Waals surface area contributed by atoms with E-state index in [4.69, 9.17) is 23.2 Å². The summed E-state index contributed by atoms with van der Waals surface area (Å²) in [5.74, 6) is 0.722. The molecule has 1 heterocycles. The highest BCUT2D eigenvalue weighted by atomic mass is 35.5. The van der Waals surface area contributed by atoms with Crippen molar-refractivity contribution in [3.05, 3.63) is 32.6 Å². The fraction of sp³-hybridized carbons (Fsp3) is 0.400. The summed E-state index contributed by atoms with van der Waals surface area (Å²) in [6.07, 6.45) is 6.43. The van der Waals surface area contributed by atoms with Crippen LogP contribution < -0.4 is 0 Å². The molecule has 1 aliphatic carbocycles. The van der Waals surface area contributed by atoms with Gasteiger partial charge < -0.3 is 5.11 Å². The van der Waals surface area contributed by atoms with E-state index >= 15 is 0 Å². The van der Waals surface area contributed by atoms with Gasteiger partial charge in [-0.05, 0) is 18.1 Å². The van der Waals surface area contributed by atoms with Gasteiger partial charge in [-0.15, -0.1) is 11.3 Å². The van der Waals surface area contributed by atoms with Crippen molar-refractivity contribution in [1.29, 1.82) is 0 Å². The zero-order chi connectivity index (χ0) is 14.1. The predicted octanol–water partition coefficient (Wildman–Crippen LogP) is 5.56. The monoisotopic (exact) mass is 327 g/mol. The topological polar surface area (TPSA) is 33.1 Å². The van der Waals surface area contributed by atoms with Crippen LogP contribution >= 0.6 is 34.5 Å². The van der Waals surface area contributed by atoms with Crippen LogP contribution in [0, 0.1) is 5.92 Å². The minimum atomic E-state index is -0.0708. The minimum Gasteiger partial charge on any atom is -0.505 e. The Morgan fingerprint density at radius 2 is 1.85 bits per heavy atom. The second-order valence-electron chi connectivity index (χ2n) is 5.27. The second kappa shape index (κ2) is 5.92. The quantitative estimate of drug-likeness (QED) is 0.801. The molecule has 1 aliphatic rings. The second-order valence-corrected chi connectivity index (χ2v) is 7.03. The molecule has 5 heteroatoms. The van der Waals surface area contributed by atoms with Gasteiger partial charge in [0, 0.05) is 17.4 Å². The van der Waals surface area contributed by atoms with Gasteiger partial charge in [0.1, 0.15) is 0 Å². The highest BCUT2D eigenvalue weighted by Gasteiger charge is 2.17. The Balaban J connectivity index is 1.82.